The SMILES string of the molecule is Cc1cc(C(=O)N2CCC3(CC2)C[C@@H](O)c2cc(F)ccc2O3)ccc1C(C)(C)O. The van der Waals surface area contributed by atoms with Gasteiger partial charge >= 0.3 is 0 Å². The number of hydrogen-bond donors (Lipinski definition) is 2. The van der Waals surface area contributed by atoms with Crippen LogP contribution < -0.4 is 4.74 Å². The lowest BCUT2D eigenvalue weighted by Gasteiger charge is -2.46. The maximum absolute atomic E-state index is 13.5. The summed E-state index contributed by atoms with van der Waals surface area (Å²) in [5, 5.41) is 20.8. The van der Waals surface area contributed by atoms with Gasteiger partial charge in [-0.05, 0) is 62.2 Å². The van der Waals surface area contributed by atoms with Crippen molar-refractivity contribution in [3.05, 3.63) is 64.5 Å². The Morgan fingerprint density at radius 2 is 1.90 bits per heavy atom. The average molecular weight is 413 g/mol. The molecule has 2 aliphatic heterocycles. The molecule has 0 aromatic heterocycles. The number of likely N-dealkylation sites (tertiary alicyclic amines) is 1. The van der Waals surface area contributed by atoms with Crippen LogP contribution in [0.1, 0.15) is 66.3 Å². The topological polar surface area (TPSA) is 70.0 Å². The Kier molecular flexibility index (Phi) is 5.11. The third-order valence-corrected chi connectivity index (χ3v) is 6.32. The molecule has 0 radical (unpaired) electrons. The molecule has 1 fully saturated rings. The zero-order valence-electron chi connectivity index (χ0n) is 17.6. The van der Waals surface area contributed by atoms with Gasteiger partial charge in [-0.2, -0.15) is 0 Å². The Balaban J connectivity index is 1.47. The fraction of sp³-hybridized carbons (Fsp3) is 0.458. The van der Waals surface area contributed by atoms with Crippen molar-refractivity contribution in [2.45, 2.75) is 57.3 Å². The lowest BCUT2D eigenvalue weighted by Crippen LogP contribution is -2.51. The molecule has 2 aliphatic rings. The fourth-order valence-corrected chi connectivity index (χ4v) is 4.70. The van der Waals surface area contributed by atoms with Crippen molar-refractivity contribution >= 4 is 5.91 Å². The number of aliphatic hydroxyl groups excluding tert-OH is 1. The molecule has 5 nitrogen and oxygen atoms in total. The normalized spacial score (nSPS) is 20.6. The summed E-state index contributed by atoms with van der Waals surface area (Å²) >= 11 is 0. The Morgan fingerprint density at radius 3 is 2.53 bits per heavy atom. The molecule has 0 bridgehead atoms. The van der Waals surface area contributed by atoms with E-state index in [9.17, 15) is 19.4 Å². The van der Waals surface area contributed by atoms with Crippen LogP contribution in [0, 0.1) is 12.7 Å². The van der Waals surface area contributed by atoms with Gasteiger partial charge in [0.25, 0.3) is 5.91 Å². The highest BCUT2D eigenvalue weighted by atomic mass is 19.1. The Morgan fingerprint density at radius 1 is 1.20 bits per heavy atom. The van der Waals surface area contributed by atoms with E-state index in [0.29, 0.717) is 49.2 Å². The molecule has 2 aromatic rings. The number of aliphatic hydroxyl groups is 2. The van der Waals surface area contributed by atoms with Gasteiger partial charge in [-0.15, -0.1) is 0 Å². The van der Waals surface area contributed by atoms with Crippen LogP contribution in [0.4, 0.5) is 4.39 Å². The van der Waals surface area contributed by atoms with Crippen molar-refractivity contribution in [1.82, 2.24) is 4.90 Å². The van der Waals surface area contributed by atoms with Gasteiger partial charge in [0, 0.05) is 43.5 Å². The summed E-state index contributed by atoms with van der Waals surface area (Å²) in [5.41, 5.74) is 1.27. The van der Waals surface area contributed by atoms with E-state index in [2.05, 4.69) is 0 Å². The van der Waals surface area contributed by atoms with E-state index in [1.54, 1.807) is 30.9 Å². The second kappa shape index (κ2) is 7.36. The maximum Gasteiger partial charge on any atom is 0.253 e. The van der Waals surface area contributed by atoms with Crippen LogP contribution in [0.3, 0.4) is 0 Å². The van der Waals surface area contributed by atoms with E-state index < -0.39 is 23.1 Å². The summed E-state index contributed by atoms with van der Waals surface area (Å²) < 4.78 is 19.7. The lowest BCUT2D eigenvalue weighted by molar-refractivity contribution is -0.0497. The maximum atomic E-state index is 13.5. The zero-order chi connectivity index (χ0) is 21.7. The molecule has 4 rings (SSSR count). The minimum atomic E-state index is -0.957. The number of nitrogens with zero attached hydrogens (tertiary/aromatic N) is 1. The van der Waals surface area contributed by atoms with Crippen molar-refractivity contribution in [2.24, 2.45) is 0 Å². The molecule has 0 unspecified atom stereocenters. The molecule has 6 heteroatoms. The van der Waals surface area contributed by atoms with Gasteiger partial charge in [-0.3, -0.25) is 4.79 Å². The van der Waals surface area contributed by atoms with Gasteiger partial charge in [-0.25, -0.2) is 4.39 Å². The number of piperidine rings is 1. The molecule has 0 saturated carbocycles. The Hall–Kier alpha value is -2.44. The largest absolute Gasteiger partial charge is 0.487 e. The number of halogens is 1. The molecule has 0 aliphatic carbocycles. The van der Waals surface area contributed by atoms with E-state index in [1.807, 2.05) is 19.1 Å². The molecule has 30 heavy (non-hydrogen) atoms. The summed E-state index contributed by atoms with van der Waals surface area (Å²) in [6, 6.07) is 9.63. The van der Waals surface area contributed by atoms with E-state index in [4.69, 9.17) is 4.74 Å². The fourth-order valence-electron chi connectivity index (χ4n) is 4.70. The Labute approximate surface area is 176 Å². The molecule has 1 atom stereocenters. The van der Waals surface area contributed by atoms with Crippen molar-refractivity contribution in [3.8, 4) is 5.75 Å². The molecule has 1 spiro atoms. The predicted molar refractivity (Wildman–Crippen MR) is 111 cm³/mol. The van der Waals surface area contributed by atoms with Crippen LogP contribution >= 0.6 is 0 Å². The van der Waals surface area contributed by atoms with Crippen molar-refractivity contribution in [2.75, 3.05) is 13.1 Å². The summed E-state index contributed by atoms with van der Waals surface area (Å²) in [6.07, 6.45) is 0.828. The third-order valence-electron chi connectivity index (χ3n) is 6.32. The number of carbonyl (C=O) groups excluding carboxylic acids is 1. The number of benzene rings is 2. The first-order valence-electron chi connectivity index (χ1n) is 10.4. The molecule has 160 valence electrons. The second-order valence-electron chi connectivity index (χ2n) is 9.07. The molecular weight excluding hydrogens is 385 g/mol. The van der Waals surface area contributed by atoms with Crippen LogP contribution in [-0.4, -0.2) is 39.7 Å². The zero-order valence-corrected chi connectivity index (χ0v) is 17.6. The highest BCUT2D eigenvalue weighted by Gasteiger charge is 2.43. The highest BCUT2D eigenvalue weighted by molar-refractivity contribution is 5.94. The first kappa shape index (κ1) is 20.8. The second-order valence-corrected chi connectivity index (χ2v) is 9.07. The van der Waals surface area contributed by atoms with Crippen LogP contribution in [0.15, 0.2) is 36.4 Å². The van der Waals surface area contributed by atoms with Gasteiger partial charge in [0.2, 0.25) is 0 Å². The smallest absolute Gasteiger partial charge is 0.253 e. The number of aryl methyl sites for hydroxylation is 1. The van der Waals surface area contributed by atoms with Gasteiger partial charge in [-0.1, -0.05) is 6.07 Å². The molecule has 2 heterocycles. The summed E-state index contributed by atoms with van der Waals surface area (Å²) in [5.74, 6) is 0.0838. The molecular formula is C24H28FNO4. The number of carbonyl (C=O) groups is 1. The number of ether oxygens (including phenoxy) is 1. The molecule has 1 saturated heterocycles. The van der Waals surface area contributed by atoms with E-state index in [1.165, 1.54) is 12.1 Å². The van der Waals surface area contributed by atoms with E-state index in [0.717, 1.165) is 11.1 Å². The van der Waals surface area contributed by atoms with Crippen LogP contribution in [0.5, 0.6) is 5.75 Å². The quantitative estimate of drug-likeness (QED) is 0.785. The van der Waals surface area contributed by atoms with E-state index in [-0.39, 0.29) is 5.91 Å². The number of hydrogen-bond acceptors (Lipinski definition) is 4. The summed E-state index contributed by atoms with van der Waals surface area (Å²) in [7, 11) is 0. The summed E-state index contributed by atoms with van der Waals surface area (Å²) in [6.45, 7) is 6.40. The molecule has 2 N–H and O–H groups in total. The summed E-state index contributed by atoms with van der Waals surface area (Å²) in [4.78, 5) is 14.8. The van der Waals surface area contributed by atoms with E-state index >= 15 is 0 Å². The van der Waals surface area contributed by atoms with Crippen LogP contribution in [0.25, 0.3) is 0 Å². The third kappa shape index (κ3) is 3.82. The highest BCUT2D eigenvalue weighted by Crippen LogP contribution is 2.44. The molecule has 1 amide bonds. The van der Waals surface area contributed by atoms with Gasteiger partial charge in [0.15, 0.2) is 0 Å². The number of fused-ring (bicyclic) bond motifs is 1. The Bertz CT molecular complexity index is 974. The monoisotopic (exact) mass is 413 g/mol. The number of rotatable bonds is 2. The minimum absolute atomic E-state index is 0.0472. The first-order valence-corrected chi connectivity index (χ1v) is 10.4. The van der Waals surface area contributed by atoms with Crippen molar-refractivity contribution in [1.29, 1.82) is 0 Å². The van der Waals surface area contributed by atoms with Crippen molar-refractivity contribution < 1.29 is 24.1 Å². The molecule has 2 aromatic carbocycles. The first-order chi connectivity index (χ1) is 14.1. The van der Waals surface area contributed by atoms with Gasteiger partial charge in [0.05, 0.1) is 11.7 Å². The van der Waals surface area contributed by atoms with Crippen molar-refractivity contribution in [3.63, 3.8) is 0 Å². The minimum Gasteiger partial charge on any atom is -0.487 e. The number of amides is 1. The van der Waals surface area contributed by atoms with Gasteiger partial charge in [0.1, 0.15) is 17.2 Å². The van der Waals surface area contributed by atoms with Crippen LogP contribution in [0.2, 0.25) is 0 Å². The average Bonchev–Trinajstić information content (AvgIpc) is 2.68. The standard InChI is InChI=1S/C24H28FNO4/c1-15-12-16(4-6-19(15)23(2,3)29)22(28)26-10-8-24(9-11-26)14-20(27)18-13-17(25)5-7-21(18)30-24/h4-7,12-13,20,27,29H,8-11,14H2,1-3H3/t20-/m1/s1. The van der Waals surface area contributed by atoms with Crippen LogP contribution in [-0.2, 0) is 5.60 Å². The lowest BCUT2D eigenvalue weighted by atomic mass is 9.81. The van der Waals surface area contributed by atoms with Gasteiger partial charge < -0.3 is 19.8 Å². The predicted octanol–water partition coefficient (Wildman–Crippen LogP) is 3.85.